The van der Waals surface area contributed by atoms with Crippen LogP contribution < -0.4 is 5.32 Å². The number of aromatic nitrogens is 2. The van der Waals surface area contributed by atoms with E-state index in [9.17, 15) is 4.79 Å². The van der Waals surface area contributed by atoms with Crippen molar-refractivity contribution in [3.05, 3.63) is 71.1 Å². The molecule has 1 N–H and O–H groups in total. The maximum absolute atomic E-state index is 12.0. The fourth-order valence-corrected chi connectivity index (χ4v) is 2.11. The summed E-state index contributed by atoms with van der Waals surface area (Å²) in [6, 6.07) is 15.2. The Kier molecular flexibility index (Phi) is 4.19. The maximum atomic E-state index is 12.0. The van der Waals surface area contributed by atoms with Crippen LogP contribution >= 0.6 is 0 Å². The fraction of sp³-hybridized carbons (Fsp3) is 0.167. The first-order valence-corrected chi connectivity index (χ1v) is 7.36. The minimum absolute atomic E-state index is 0.167. The first-order valence-electron chi connectivity index (χ1n) is 7.36. The molecule has 1 aromatic heterocycles. The van der Waals surface area contributed by atoms with E-state index in [-0.39, 0.29) is 12.5 Å². The van der Waals surface area contributed by atoms with E-state index in [1.807, 2.05) is 50.2 Å². The first kappa shape index (κ1) is 15.0. The Balaban J connectivity index is 1.64. The van der Waals surface area contributed by atoms with Gasteiger partial charge in [-0.05, 0) is 26.0 Å². The second-order valence-electron chi connectivity index (χ2n) is 5.43. The van der Waals surface area contributed by atoms with Crippen LogP contribution in [0.4, 0.5) is 0 Å². The molecule has 0 aliphatic carbocycles. The Labute approximate surface area is 134 Å². The molecule has 1 heterocycles. The summed E-state index contributed by atoms with van der Waals surface area (Å²) in [5, 5.41) is 6.71. The van der Waals surface area contributed by atoms with Crippen LogP contribution in [0.5, 0.6) is 0 Å². The standard InChI is InChI=1S/C18H17N3O2/c1-12-3-7-14(8-4-12)17-20-16(23-21-17)11-19-18(22)15-9-5-13(2)6-10-15/h3-10H,11H2,1-2H3,(H,19,22). The quantitative estimate of drug-likeness (QED) is 0.803. The zero-order valence-electron chi connectivity index (χ0n) is 13.0. The van der Waals surface area contributed by atoms with Crippen LogP contribution in [-0.4, -0.2) is 16.0 Å². The predicted molar refractivity (Wildman–Crippen MR) is 86.8 cm³/mol. The van der Waals surface area contributed by atoms with Crippen molar-refractivity contribution in [2.45, 2.75) is 20.4 Å². The Morgan fingerprint density at radius 3 is 2.26 bits per heavy atom. The highest BCUT2D eigenvalue weighted by molar-refractivity contribution is 5.94. The summed E-state index contributed by atoms with van der Waals surface area (Å²) in [7, 11) is 0. The van der Waals surface area contributed by atoms with Gasteiger partial charge >= 0.3 is 0 Å². The zero-order chi connectivity index (χ0) is 16.2. The third-order valence-corrected chi connectivity index (χ3v) is 3.49. The molecule has 0 aliphatic rings. The average Bonchev–Trinajstić information content (AvgIpc) is 3.03. The van der Waals surface area contributed by atoms with Crippen molar-refractivity contribution >= 4 is 5.91 Å². The number of carbonyl (C=O) groups excluding carboxylic acids is 1. The number of nitrogens with zero attached hydrogens (tertiary/aromatic N) is 2. The molecule has 116 valence electrons. The molecule has 23 heavy (non-hydrogen) atoms. The summed E-state index contributed by atoms with van der Waals surface area (Å²) in [6.07, 6.45) is 0. The predicted octanol–water partition coefficient (Wildman–Crippen LogP) is 3.28. The van der Waals surface area contributed by atoms with Gasteiger partial charge in [-0.3, -0.25) is 4.79 Å². The van der Waals surface area contributed by atoms with Gasteiger partial charge in [0.05, 0.1) is 6.54 Å². The lowest BCUT2D eigenvalue weighted by atomic mass is 10.1. The number of nitrogens with one attached hydrogen (secondary N) is 1. The molecule has 0 spiro atoms. The number of benzene rings is 2. The van der Waals surface area contributed by atoms with E-state index in [4.69, 9.17) is 4.52 Å². The van der Waals surface area contributed by atoms with Crippen LogP contribution in [0.25, 0.3) is 11.4 Å². The highest BCUT2D eigenvalue weighted by Gasteiger charge is 2.10. The normalized spacial score (nSPS) is 10.5. The van der Waals surface area contributed by atoms with Gasteiger partial charge in [0.25, 0.3) is 5.91 Å². The van der Waals surface area contributed by atoms with Gasteiger partial charge in [-0.15, -0.1) is 0 Å². The number of hydrogen-bond acceptors (Lipinski definition) is 4. The fourth-order valence-electron chi connectivity index (χ4n) is 2.11. The monoisotopic (exact) mass is 307 g/mol. The summed E-state index contributed by atoms with van der Waals surface area (Å²) >= 11 is 0. The minimum atomic E-state index is -0.167. The van der Waals surface area contributed by atoms with Crippen LogP contribution in [0.15, 0.2) is 53.1 Å². The lowest BCUT2D eigenvalue weighted by molar-refractivity contribution is 0.0946. The molecule has 0 radical (unpaired) electrons. The third-order valence-electron chi connectivity index (χ3n) is 3.49. The SMILES string of the molecule is Cc1ccc(C(=O)NCc2nc(-c3ccc(C)cc3)no2)cc1. The van der Waals surface area contributed by atoms with Crippen molar-refractivity contribution in [2.24, 2.45) is 0 Å². The van der Waals surface area contributed by atoms with Crippen molar-refractivity contribution < 1.29 is 9.32 Å². The van der Waals surface area contributed by atoms with Crippen LogP contribution in [0.3, 0.4) is 0 Å². The molecule has 3 rings (SSSR count). The Morgan fingerprint density at radius 2 is 1.61 bits per heavy atom. The van der Waals surface area contributed by atoms with Crippen molar-refractivity contribution in [3.63, 3.8) is 0 Å². The summed E-state index contributed by atoms with van der Waals surface area (Å²) in [6.45, 7) is 4.20. The van der Waals surface area contributed by atoms with E-state index >= 15 is 0 Å². The van der Waals surface area contributed by atoms with E-state index in [0.717, 1.165) is 11.1 Å². The highest BCUT2D eigenvalue weighted by atomic mass is 16.5. The summed E-state index contributed by atoms with van der Waals surface area (Å²) in [5.41, 5.74) is 3.77. The number of carbonyl (C=O) groups is 1. The number of rotatable bonds is 4. The van der Waals surface area contributed by atoms with Gasteiger partial charge < -0.3 is 9.84 Å². The lowest BCUT2D eigenvalue weighted by Crippen LogP contribution is -2.22. The second-order valence-corrected chi connectivity index (χ2v) is 5.43. The maximum Gasteiger partial charge on any atom is 0.251 e. The Bertz CT molecular complexity index is 805. The molecule has 0 aliphatic heterocycles. The van der Waals surface area contributed by atoms with Crippen LogP contribution in [0, 0.1) is 13.8 Å². The molecule has 3 aromatic rings. The van der Waals surface area contributed by atoms with E-state index < -0.39 is 0 Å². The van der Waals surface area contributed by atoms with Crippen molar-refractivity contribution in [1.82, 2.24) is 15.5 Å². The smallest absolute Gasteiger partial charge is 0.251 e. The molecular formula is C18H17N3O2. The molecule has 0 saturated heterocycles. The van der Waals surface area contributed by atoms with Crippen molar-refractivity contribution in [1.29, 1.82) is 0 Å². The van der Waals surface area contributed by atoms with Gasteiger partial charge in [0.15, 0.2) is 0 Å². The number of amides is 1. The summed E-state index contributed by atoms with van der Waals surface area (Å²) in [4.78, 5) is 16.3. The first-order chi connectivity index (χ1) is 11.1. The van der Waals surface area contributed by atoms with Gasteiger partial charge in [0, 0.05) is 11.1 Å². The molecule has 0 saturated carbocycles. The molecule has 0 bridgehead atoms. The van der Waals surface area contributed by atoms with Crippen LogP contribution in [0.1, 0.15) is 27.4 Å². The zero-order valence-corrected chi connectivity index (χ0v) is 13.0. The molecule has 0 atom stereocenters. The van der Waals surface area contributed by atoms with E-state index in [1.165, 1.54) is 5.56 Å². The third kappa shape index (κ3) is 3.63. The van der Waals surface area contributed by atoms with Crippen LogP contribution in [-0.2, 0) is 6.54 Å². The number of aryl methyl sites for hydroxylation is 2. The average molecular weight is 307 g/mol. The van der Waals surface area contributed by atoms with E-state index in [1.54, 1.807) is 12.1 Å². The van der Waals surface area contributed by atoms with Gasteiger partial charge in [-0.2, -0.15) is 4.98 Å². The second kappa shape index (κ2) is 6.44. The summed E-state index contributed by atoms with van der Waals surface area (Å²) in [5.74, 6) is 0.728. The van der Waals surface area contributed by atoms with Gasteiger partial charge in [0.1, 0.15) is 0 Å². The summed E-state index contributed by atoms with van der Waals surface area (Å²) < 4.78 is 5.18. The molecule has 1 amide bonds. The van der Waals surface area contributed by atoms with Gasteiger partial charge in [-0.25, -0.2) is 0 Å². The number of hydrogen-bond donors (Lipinski definition) is 1. The Morgan fingerprint density at radius 1 is 1.00 bits per heavy atom. The molecule has 2 aromatic carbocycles. The minimum Gasteiger partial charge on any atom is -0.343 e. The van der Waals surface area contributed by atoms with E-state index in [2.05, 4.69) is 15.5 Å². The topological polar surface area (TPSA) is 68.0 Å². The molecule has 5 nitrogen and oxygen atoms in total. The van der Waals surface area contributed by atoms with E-state index in [0.29, 0.717) is 17.3 Å². The molecule has 5 heteroatoms. The molecular weight excluding hydrogens is 290 g/mol. The van der Waals surface area contributed by atoms with Crippen molar-refractivity contribution in [3.8, 4) is 11.4 Å². The molecule has 0 unspecified atom stereocenters. The highest BCUT2D eigenvalue weighted by Crippen LogP contribution is 2.16. The van der Waals surface area contributed by atoms with Gasteiger partial charge in [0.2, 0.25) is 11.7 Å². The van der Waals surface area contributed by atoms with Gasteiger partial charge in [-0.1, -0.05) is 52.7 Å². The largest absolute Gasteiger partial charge is 0.343 e. The lowest BCUT2D eigenvalue weighted by Gasteiger charge is -2.02. The molecule has 0 fully saturated rings. The van der Waals surface area contributed by atoms with Crippen LogP contribution in [0.2, 0.25) is 0 Å². The van der Waals surface area contributed by atoms with Crippen molar-refractivity contribution in [2.75, 3.05) is 0 Å². The Hall–Kier alpha value is -2.95.